The van der Waals surface area contributed by atoms with Crippen LogP contribution in [0.2, 0.25) is 0 Å². The molecule has 1 aromatic rings. The minimum atomic E-state index is 0.433. The Hall–Kier alpha value is -1.18. The minimum Gasteiger partial charge on any atom is -0.381 e. The molecule has 1 N–H and O–H groups in total. The number of para-hydroxylation sites is 2. The fourth-order valence-electron chi connectivity index (χ4n) is 2.82. The lowest BCUT2D eigenvalue weighted by Crippen LogP contribution is -2.49. The normalized spacial score (nSPS) is 21.4. The quantitative estimate of drug-likeness (QED) is 0.753. The van der Waals surface area contributed by atoms with Gasteiger partial charge in [0, 0.05) is 12.6 Å². The van der Waals surface area contributed by atoms with Crippen LogP contribution in [-0.4, -0.2) is 18.1 Å². The van der Waals surface area contributed by atoms with E-state index in [0.29, 0.717) is 11.6 Å². The number of rotatable bonds is 1. The maximum Gasteiger partial charge on any atom is 0.0609 e. The number of anilines is 2. The van der Waals surface area contributed by atoms with Crippen LogP contribution in [0.4, 0.5) is 11.4 Å². The Bertz CT molecular complexity index is 380. The zero-order valence-electron chi connectivity index (χ0n) is 9.46. The van der Waals surface area contributed by atoms with Gasteiger partial charge < -0.3 is 10.2 Å². The molecule has 1 saturated carbocycles. The van der Waals surface area contributed by atoms with Gasteiger partial charge in [-0.15, -0.1) is 0 Å². The minimum absolute atomic E-state index is 0.433. The van der Waals surface area contributed by atoms with Crippen molar-refractivity contribution in [1.29, 1.82) is 0 Å². The molecule has 15 heavy (non-hydrogen) atoms. The molecule has 2 aliphatic rings. The first kappa shape index (κ1) is 9.08. The third-order valence-corrected chi connectivity index (χ3v) is 3.63. The molecule has 1 fully saturated rings. The summed E-state index contributed by atoms with van der Waals surface area (Å²) in [4.78, 5) is 2.61. The molecule has 1 heterocycles. The van der Waals surface area contributed by atoms with Gasteiger partial charge in [-0.3, -0.25) is 0 Å². The molecule has 0 atom stereocenters. The van der Waals surface area contributed by atoms with Gasteiger partial charge in [-0.05, 0) is 38.8 Å². The molecule has 0 radical (unpaired) electrons. The van der Waals surface area contributed by atoms with Crippen molar-refractivity contribution in [3.63, 3.8) is 0 Å². The van der Waals surface area contributed by atoms with Crippen molar-refractivity contribution in [1.82, 2.24) is 0 Å². The lowest BCUT2D eigenvalue weighted by molar-refractivity contribution is 0.538. The summed E-state index contributed by atoms with van der Waals surface area (Å²) in [6, 6.07) is 9.25. The Morgan fingerprint density at radius 3 is 2.67 bits per heavy atom. The second kappa shape index (κ2) is 2.91. The molecule has 2 heteroatoms. The average molecular weight is 202 g/mol. The summed E-state index contributed by atoms with van der Waals surface area (Å²) in [6.45, 7) is 5.70. The van der Waals surface area contributed by atoms with Gasteiger partial charge in [0.1, 0.15) is 0 Å². The van der Waals surface area contributed by atoms with E-state index in [4.69, 9.17) is 0 Å². The predicted octanol–water partition coefficient (Wildman–Crippen LogP) is 2.86. The van der Waals surface area contributed by atoms with E-state index < -0.39 is 0 Å². The molecular formula is C13H18N2. The summed E-state index contributed by atoms with van der Waals surface area (Å²) in [7, 11) is 0. The molecule has 0 aromatic heterocycles. The van der Waals surface area contributed by atoms with Crippen molar-refractivity contribution in [2.45, 2.75) is 38.3 Å². The fraction of sp³-hybridized carbons (Fsp3) is 0.538. The van der Waals surface area contributed by atoms with Gasteiger partial charge in [-0.1, -0.05) is 12.1 Å². The van der Waals surface area contributed by atoms with Crippen molar-refractivity contribution < 1.29 is 0 Å². The Morgan fingerprint density at radius 1 is 1.27 bits per heavy atom. The molecule has 1 aliphatic carbocycles. The maximum atomic E-state index is 3.56. The molecule has 1 aliphatic heterocycles. The van der Waals surface area contributed by atoms with Gasteiger partial charge in [0.2, 0.25) is 0 Å². The van der Waals surface area contributed by atoms with Gasteiger partial charge in [-0.25, -0.2) is 0 Å². The van der Waals surface area contributed by atoms with Crippen LogP contribution in [0.3, 0.4) is 0 Å². The van der Waals surface area contributed by atoms with Crippen LogP contribution >= 0.6 is 0 Å². The van der Waals surface area contributed by atoms with E-state index in [1.165, 1.54) is 24.2 Å². The van der Waals surface area contributed by atoms with Crippen LogP contribution in [0.15, 0.2) is 24.3 Å². The van der Waals surface area contributed by atoms with Crippen molar-refractivity contribution >= 4 is 11.4 Å². The molecule has 3 rings (SSSR count). The van der Waals surface area contributed by atoms with Crippen molar-refractivity contribution in [3.05, 3.63) is 24.3 Å². The first-order valence-corrected chi connectivity index (χ1v) is 5.85. The van der Waals surface area contributed by atoms with Crippen LogP contribution in [-0.2, 0) is 0 Å². The lowest BCUT2D eigenvalue weighted by atomic mass is 10.0. The van der Waals surface area contributed by atoms with Crippen LogP contribution in [0.25, 0.3) is 0 Å². The third-order valence-electron chi connectivity index (χ3n) is 3.63. The highest BCUT2D eigenvalue weighted by Gasteiger charge is 2.51. The molecule has 0 bridgehead atoms. The lowest BCUT2D eigenvalue weighted by Gasteiger charge is -2.43. The van der Waals surface area contributed by atoms with Crippen LogP contribution in [0, 0.1) is 0 Å². The number of nitrogens with zero attached hydrogens (tertiary/aromatic N) is 1. The van der Waals surface area contributed by atoms with Gasteiger partial charge in [0.05, 0.1) is 16.9 Å². The van der Waals surface area contributed by atoms with E-state index in [9.17, 15) is 0 Å². The van der Waals surface area contributed by atoms with E-state index >= 15 is 0 Å². The van der Waals surface area contributed by atoms with Gasteiger partial charge >= 0.3 is 0 Å². The summed E-state index contributed by atoms with van der Waals surface area (Å²) < 4.78 is 0. The molecule has 0 amide bonds. The number of nitrogens with one attached hydrogen (secondary N) is 1. The zero-order chi connectivity index (χ0) is 10.5. The first-order chi connectivity index (χ1) is 7.23. The van der Waals surface area contributed by atoms with E-state index in [2.05, 4.69) is 48.3 Å². The Balaban J connectivity index is 2.08. The van der Waals surface area contributed by atoms with Crippen LogP contribution < -0.4 is 10.2 Å². The maximum absolute atomic E-state index is 3.56. The second-order valence-corrected chi connectivity index (χ2v) is 5.06. The number of hydrogen-bond donors (Lipinski definition) is 1. The number of hydrogen-bond acceptors (Lipinski definition) is 2. The summed E-state index contributed by atoms with van der Waals surface area (Å²) in [6.07, 6.45) is 2.68. The van der Waals surface area contributed by atoms with Crippen molar-refractivity contribution in [2.75, 3.05) is 16.8 Å². The third kappa shape index (κ3) is 1.24. The molecule has 2 nitrogen and oxygen atoms in total. The van der Waals surface area contributed by atoms with Crippen molar-refractivity contribution in [2.24, 2.45) is 0 Å². The van der Waals surface area contributed by atoms with E-state index in [-0.39, 0.29) is 0 Å². The molecule has 0 saturated heterocycles. The Kier molecular flexibility index (Phi) is 1.76. The predicted molar refractivity (Wildman–Crippen MR) is 64.5 cm³/mol. The highest BCUT2D eigenvalue weighted by atomic mass is 15.3. The van der Waals surface area contributed by atoms with E-state index in [1.54, 1.807) is 0 Å². The molecule has 80 valence electrons. The van der Waals surface area contributed by atoms with Gasteiger partial charge in [-0.2, -0.15) is 0 Å². The number of benzene rings is 1. The van der Waals surface area contributed by atoms with E-state index in [0.717, 1.165) is 6.54 Å². The van der Waals surface area contributed by atoms with Crippen molar-refractivity contribution in [3.8, 4) is 0 Å². The fourth-order valence-corrected chi connectivity index (χ4v) is 2.82. The molecule has 0 unspecified atom stereocenters. The largest absolute Gasteiger partial charge is 0.381 e. The van der Waals surface area contributed by atoms with E-state index in [1.807, 2.05) is 0 Å². The average Bonchev–Trinajstić information content (AvgIpc) is 2.98. The highest BCUT2D eigenvalue weighted by Crippen LogP contribution is 2.50. The van der Waals surface area contributed by atoms with Crippen LogP contribution in [0.5, 0.6) is 0 Å². The molecule has 1 aromatic carbocycles. The first-order valence-electron chi connectivity index (χ1n) is 5.85. The summed E-state index contributed by atoms with van der Waals surface area (Å²) >= 11 is 0. The Labute approximate surface area is 91.3 Å². The standard InChI is InChI=1S/C13H18N2/c1-10(2)15-12-6-4-3-5-11(12)14-9-13(15)7-8-13/h3-6,10,14H,7-9H2,1-2H3. The van der Waals surface area contributed by atoms with Crippen LogP contribution in [0.1, 0.15) is 26.7 Å². The smallest absolute Gasteiger partial charge is 0.0609 e. The zero-order valence-corrected chi connectivity index (χ0v) is 9.46. The summed E-state index contributed by atoms with van der Waals surface area (Å²) in [5.74, 6) is 0. The monoisotopic (exact) mass is 202 g/mol. The topological polar surface area (TPSA) is 15.3 Å². The summed E-state index contributed by atoms with van der Waals surface area (Å²) in [5.41, 5.74) is 3.11. The second-order valence-electron chi connectivity index (χ2n) is 5.06. The Morgan fingerprint density at radius 2 is 2.00 bits per heavy atom. The van der Waals surface area contributed by atoms with Gasteiger partial charge in [0.25, 0.3) is 0 Å². The number of fused-ring (bicyclic) bond motifs is 1. The highest BCUT2D eigenvalue weighted by molar-refractivity contribution is 5.75. The summed E-state index contributed by atoms with van der Waals surface area (Å²) in [5, 5.41) is 3.56. The SMILES string of the molecule is CC(C)N1c2ccccc2NCC12CC2. The molecule has 1 spiro atoms. The van der Waals surface area contributed by atoms with Gasteiger partial charge in [0.15, 0.2) is 0 Å². The molecular weight excluding hydrogens is 184 g/mol.